The average Bonchev–Trinajstić information content (AvgIpc) is 2.91. The molecule has 0 aliphatic carbocycles. The van der Waals surface area contributed by atoms with Gasteiger partial charge in [-0.1, -0.05) is 5.16 Å². The highest BCUT2D eigenvalue weighted by Crippen LogP contribution is 2.32. The number of pyridine rings is 1. The fourth-order valence-electron chi connectivity index (χ4n) is 2.12. The molecule has 1 aliphatic rings. The zero-order valence-electron chi connectivity index (χ0n) is 8.08. The monoisotopic (exact) mass is 230 g/mol. The van der Waals surface area contributed by atoms with Crippen molar-refractivity contribution in [1.29, 1.82) is 0 Å². The average molecular weight is 230 g/mol. The summed E-state index contributed by atoms with van der Waals surface area (Å²) in [5, 5.41) is 6.42. The Morgan fingerprint density at radius 3 is 3.31 bits per heavy atom. The van der Waals surface area contributed by atoms with E-state index in [1.54, 1.807) is 11.6 Å². The van der Waals surface area contributed by atoms with E-state index in [1.165, 1.54) is 0 Å². The van der Waals surface area contributed by atoms with Crippen LogP contribution in [0.2, 0.25) is 0 Å². The molecule has 4 rings (SSSR count). The molecule has 0 amide bonds. The van der Waals surface area contributed by atoms with Crippen LogP contribution in [0.3, 0.4) is 0 Å². The molecule has 0 spiro atoms. The predicted molar refractivity (Wildman–Crippen MR) is 60.4 cm³/mol. The van der Waals surface area contributed by atoms with E-state index in [1.807, 2.05) is 28.9 Å². The van der Waals surface area contributed by atoms with Gasteiger partial charge in [0.25, 0.3) is 0 Å². The fraction of sp³-hybridized carbons (Fsp3) is 0. The van der Waals surface area contributed by atoms with Crippen molar-refractivity contribution in [3.63, 3.8) is 0 Å². The van der Waals surface area contributed by atoms with Gasteiger partial charge in [-0.2, -0.15) is 0 Å². The first kappa shape index (κ1) is 8.29. The molecule has 1 aliphatic heterocycles. The summed E-state index contributed by atoms with van der Waals surface area (Å²) >= 11 is 0. The van der Waals surface area contributed by atoms with Gasteiger partial charge >= 0.3 is 0 Å². The second-order valence-electron chi connectivity index (χ2n) is 3.69. The highest BCUT2D eigenvalue weighted by Gasteiger charge is 2.19. The SMILES string of the molecule is O=S1C=Cc2c1ccn1cc3cnoc3c21. The van der Waals surface area contributed by atoms with Crippen molar-refractivity contribution < 1.29 is 8.73 Å². The predicted octanol–water partition coefficient (Wildman–Crippen LogP) is 2.17. The van der Waals surface area contributed by atoms with Crippen LogP contribution in [-0.2, 0) is 10.8 Å². The minimum atomic E-state index is -1.02. The number of hydrogen-bond donors (Lipinski definition) is 0. The summed E-state index contributed by atoms with van der Waals surface area (Å²) in [5.74, 6) is 0. The summed E-state index contributed by atoms with van der Waals surface area (Å²) in [6.07, 6.45) is 7.41. The van der Waals surface area contributed by atoms with Crippen LogP contribution < -0.4 is 0 Å². The molecule has 78 valence electrons. The molecule has 1 atom stereocenters. The largest absolute Gasteiger partial charge is 0.354 e. The Bertz CT molecular complexity index is 782. The molecule has 3 aromatic heterocycles. The van der Waals surface area contributed by atoms with E-state index < -0.39 is 10.8 Å². The number of hydrogen-bond acceptors (Lipinski definition) is 3. The molecule has 16 heavy (non-hydrogen) atoms. The lowest BCUT2D eigenvalue weighted by atomic mass is 10.2. The minimum Gasteiger partial charge on any atom is -0.354 e. The van der Waals surface area contributed by atoms with Crippen LogP contribution >= 0.6 is 0 Å². The van der Waals surface area contributed by atoms with Gasteiger partial charge in [-0.3, -0.25) is 0 Å². The molecule has 0 N–H and O–H groups in total. The Hall–Kier alpha value is -1.88. The molecule has 1 unspecified atom stereocenters. The van der Waals surface area contributed by atoms with Crippen LogP contribution in [-0.4, -0.2) is 13.8 Å². The van der Waals surface area contributed by atoms with Gasteiger partial charge in [0, 0.05) is 23.4 Å². The first-order valence-electron chi connectivity index (χ1n) is 4.81. The van der Waals surface area contributed by atoms with E-state index in [0.29, 0.717) is 0 Å². The third kappa shape index (κ3) is 0.845. The summed E-state index contributed by atoms with van der Waals surface area (Å²) in [7, 11) is -1.02. The topological polar surface area (TPSA) is 47.5 Å². The summed E-state index contributed by atoms with van der Waals surface area (Å²) in [6, 6.07) is 1.88. The lowest BCUT2D eigenvalue weighted by molar-refractivity contribution is 0.458. The van der Waals surface area contributed by atoms with Gasteiger partial charge < -0.3 is 8.92 Å². The van der Waals surface area contributed by atoms with E-state index in [2.05, 4.69) is 5.16 Å². The van der Waals surface area contributed by atoms with Gasteiger partial charge in [0.1, 0.15) is 5.52 Å². The van der Waals surface area contributed by atoms with Crippen molar-refractivity contribution in [2.75, 3.05) is 0 Å². The van der Waals surface area contributed by atoms with Crippen molar-refractivity contribution in [2.24, 2.45) is 0 Å². The van der Waals surface area contributed by atoms with E-state index in [9.17, 15) is 4.21 Å². The van der Waals surface area contributed by atoms with Crippen LogP contribution in [0, 0.1) is 0 Å². The summed E-state index contributed by atoms with van der Waals surface area (Å²) in [4.78, 5) is 0.837. The summed E-state index contributed by atoms with van der Waals surface area (Å²) in [6.45, 7) is 0. The van der Waals surface area contributed by atoms with Gasteiger partial charge in [0.2, 0.25) is 0 Å². The van der Waals surface area contributed by atoms with Crippen LogP contribution in [0.1, 0.15) is 5.56 Å². The lowest BCUT2D eigenvalue weighted by Gasteiger charge is -2.00. The number of rotatable bonds is 0. The van der Waals surface area contributed by atoms with Crippen molar-refractivity contribution in [3.8, 4) is 0 Å². The third-order valence-electron chi connectivity index (χ3n) is 2.83. The van der Waals surface area contributed by atoms with Gasteiger partial charge in [-0.25, -0.2) is 4.21 Å². The van der Waals surface area contributed by atoms with E-state index in [-0.39, 0.29) is 0 Å². The molecular weight excluding hydrogens is 224 g/mol. The number of fused-ring (bicyclic) bond motifs is 5. The lowest BCUT2D eigenvalue weighted by Crippen LogP contribution is -1.90. The maximum Gasteiger partial charge on any atom is 0.192 e. The zero-order valence-corrected chi connectivity index (χ0v) is 8.90. The van der Waals surface area contributed by atoms with Crippen molar-refractivity contribution >= 4 is 33.4 Å². The molecule has 0 radical (unpaired) electrons. The molecule has 4 nitrogen and oxygen atoms in total. The number of nitrogens with zero attached hydrogens (tertiary/aromatic N) is 2. The first-order valence-corrected chi connectivity index (χ1v) is 6.03. The van der Waals surface area contributed by atoms with E-state index in [0.717, 1.165) is 26.9 Å². The molecular formula is C11H6N2O2S. The molecule has 3 aromatic rings. The van der Waals surface area contributed by atoms with Crippen LogP contribution in [0.5, 0.6) is 0 Å². The van der Waals surface area contributed by atoms with Gasteiger partial charge in [-0.05, 0) is 12.1 Å². The standard InChI is InChI=1S/C11H6N2O2S/c14-16-4-2-8-9(16)1-3-13-6-7-5-12-15-11(7)10(8)13/h1-6H. The molecule has 5 heteroatoms. The van der Waals surface area contributed by atoms with Crippen molar-refractivity contribution in [2.45, 2.75) is 4.90 Å². The van der Waals surface area contributed by atoms with Gasteiger partial charge in [0.15, 0.2) is 5.58 Å². The van der Waals surface area contributed by atoms with Crippen molar-refractivity contribution in [3.05, 3.63) is 35.6 Å². The molecule has 0 bridgehead atoms. The molecule has 0 saturated heterocycles. The summed E-state index contributed by atoms with van der Waals surface area (Å²) in [5.41, 5.74) is 2.65. The second-order valence-corrected chi connectivity index (χ2v) is 5.00. The molecule has 0 saturated carbocycles. The maximum atomic E-state index is 11.7. The molecule has 0 fully saturated rings. The van der Waals surface area contributed by atoms with E-state index >= 15 is 0 Å². The Balaban J connectivity index is 2.32. The van der Waals surface area contributed by atoms with Gasteiger partial charge in [-0.15, -0.1) is 0 Å². The molecule has 4 heterocycles. The van der Waals surface area contributed by atoms with Crippen LogP contribution in [0.25, 0.3) is 22.6 Å². The quantitative estimate of drug-likeness (QED) is 0.594. The first-order chi connectivity index (χ1) is 7.84. The Kier molecular flexibility index (Phi) is 1.36. The van der Waals surface area contributed by atoms with Crippen LogP contribution in [0.15, 0.2) is 39.5 Å². The smallest absolute Gasteiger partial charge is 0.192 e. The highest BCUT2D eigenvalue weighted by atomic mass is 32.2. The highest BCUT2D eigenvalue weighted by molar-refractivity contribution is 7.88. The minimum absolute atomic E-state index is 0.750. The normalized spacial score (nSPS) is 18.6. The Morgan fingerprint density at radius 2 is 2.38 bits per heavy atom. The van der Waals surface area contributed by atoms with E-state index in [4.69, 9.17) is 4.52 Å². The van der Waals surface area contributed by atoms with Gasteiger partial charge in [0.05, 0.1) is 27.3 Å². The summed E-state index contributed by atoms with van der Waals surface area (Å²) < 4.78 is 18.9. The molecule has 0 aromatic carbocycles. The Labute approximate surface area is 92.6 Å². The maximum absolute atomic E-state index is 11.7. The fourth-order valence-corrected chi connectivity index (χ4v) is 3.11. The Morgan fingerprint density at radius 1 is 1.44 bits per heavy atom. The number of aromatic nitrogens is 2. The zero-order chi connectivity index (χ0) is 10.7. The second kappa shape index (κ2) is 2.62. The van der Waals surface area contributed by atoms with Crippen LogP contribution in [0.4, 0.5) is 0 Å². The van der Waals surface area contributed by atoms with Crippen molar-refractivity contribution in [1.82, 2.24) is 9.56 Å². The third-order valence-corrected chi connectivity index (χ3v) is 4.00.